The summed E-state index contributed by atoms with van der Waals surface area (Å²) < 4.78 is 0. The smallest absolute Gasteiger partial charge is 0.0445 e. The Balaban J connectivity index is 3.82. The first-order valence-corrected chi connectivity index (χ1v) is 9.86. The van der Waals surface area contributed by atoms with Gasteiger partial charge in [-0.25, -0.2) is 0 Å². The van der Waals surface area contributed by atoms with Crippen molar-refractivity contribution >= 4 is 5.97 Å². The van der Waals surface area contributed by atoms with E-state index in [1.54, 1.807) is 0 Å². The maximum absolute atomic E-state index is 11.4. The summed E-state index contributed by atoms with van der Waals surface area (Å²) in [6.45, 7) is 6.62. The SMILES string of the molecule is CCCCCCCCCCC(CC(CC)CCCC)C(=O)[O-]. The van der Waals surface area contributed by atoms with Crippen LogP contribution in [0, 0.1) is 11.8 Å². The van der Waals surface area contributed by atoms with Gasteiger partial charge in [0.25, 0.3) is 0 Å². The van der Waals surface area contributed by atoms with Crippen LogP contribution in [0.4, 0.5) is 0 Å². The molecule has 0 fully saturated rings. The van der Waals surface area contributed by atoms with Gasteiger partial charge < -0.3 is 9.90 Å². The molecular weight excluding hydrogens is 272 g/mol. The second kappa shape index (κ2) is 15.4. The van der Waals surface area contributed by atoms with Crippen LogP contribution in [0.5, 0.6) is 0 Å². The van der Waals surface area contributed by atoms with E-state index in [-0.39, 0.29) is 5.92 Å². The third kappa shape index (κ3) is 12.1. The molecule has 132 valence electrons. The fourth-order valence-electron chi connectivity index (χ4n) is 3.24. The predicted octanol–water partition coefficient (Wildman–Crippen LogP) is 5.49. The molecule has 0 aromatic heterocycles. The molecule has 22 heavy (non-hydrogen) atoms. The summed E-state index contributed by atoms with van der Waals surface area (Å²) in [5, 5.41) is 11.4. The Labute approximate surface area is 139 Å². The Bertz CT molecular complexity index is 250. The molecular formula is C20H39O2-. The Morgan fingerprint density at radius 3 is 1.82 bits per heavy atom. The zero-order valence-electron chi connectivity index (χ0n) is 15.4. The molecule has 0 aliphatic heterocycles. The molecule has 0 bridgehead atoms. The lowest BCUT2D eigenvalue weighted by atomic mass is 9.86. The topological polar surface area (TPSA) is 40.1 Å². The second-order valence-electron chi connectivity index (χ2n) is 6.93. The molecule has 2 heteroatoms. The van der Waals surface area contributed by atoms with Gasteiger partial charge in [-0.2, -0.15) is 0 Å². The molecule has 0 aliphatic rings. The summed E-state index contributed by atoms with van der Waals surface area (Å²) in [5.74, 6) is -0.475. The van der Waals surface area contributed by atoms with Crippen LogP contribution in [-0.2, 0) is 4.79 Å². The first-order chi connectivity index (χ1) is 10.7. The third-order valence-corrected chi connectivity index (χ3v) is 4.90. The van der Waals surface area contributed by atoms with Crippen LogP contribution in [0.3, 0.4) is 0 Å². The van der Waals surface area contributed by atoms with Crippen molar-refractivity contribution in [2.45, 2.75) is 111 Å². The average molecular weight is 312 g/mol. The number of carbonyl (C=O) groups excluding carboxylic acids is 1. The Kier molecular flexibility index (Phi) is 15.0. The van der Waals surface area contributed by atoms with Crippen molar-refractivity contribution in [3.63, 3.8) is 0 Å². The van der Waals surface area contributed by atoms with Crippen LogP contribution in [0.2, 0.25) is 0 Å². The van der Waals surface area contributed by atoms with E-state index in [2.05, 4.69) is 20.8 Å². The van der Waals surface area contributed by atoms with Crippen LogP contribution in [0.25, 0.3) is 0 Å². The van der Waals surface area contributed by atoms with Gasteiger partial charge in [0, 0.05) is 5.97 Å². The molecule has 2 unspecified atom stereocenters. The minimum Gasteiger partial charge on any atom is -0.550 e. The van der Waals surface area contributed by atoms with Crippen molar-refractivity contribution in [1.82, 2.24) is 0 Å². The third-order valence-electron chi connectivity index (χ3n) is 4.90. The van der Waals surface area contributed by atoms with Crippen molar-refractivity contribution in [2.75, 3.05) is 0 Å². The van der Waals surface area contributed by atoms with E-state index in [1.807, 2.05) is 0 Å². The number of aliphatic carboxylic acids is 1. The zero-order chi connectivity index (χ0) is 16.6. The number of hydrogen-bond donors (Lipinski definition) is 0. The molecule has 0 N–H and O–H groups in total. The minimum absolute atomic E-state index is 0.220. The molecule has 0 aromatic carbocycles. The summed E-state index contributed by atoms with van der Waals surface area (Å²) >= 11 is 0. The van der Waals surface area contributed by atoms with E-state index < -0.39 is 5.97 Å². The highest BCUT2D eigenvalue weighted by Gasteiger charge is 2.16. The van der Waals surface area contributed by atoms with E-state index in [1.165, 1.54) is 64.2 Å². The fraction of sp³-hybridized carbons (Fsp3) is 0.950. The lowest BCUT2D eigenvalue weighted by Gasteiger charge is -2.23. The molecule has 0 amide bonds. The van der Waals surface area contributed by atoms with Gasteiger partial charge in [-0.15, -0.1) is 0 Å². The van der Waals surface area contributed by atoms with Gasteiger partial charge >= 0.3 is 0 Å². The van der Waals surface area contributed by atoms with Gasteiger partial charge in [0.1, 0.15) is 0 Å². The number of rotatable bonds is 16. The maximum atomic E-state index is 11.4. The van der Waals surface area contributed by atoms with Crippen LogP contribution in [-0.4, -0.2) is 5.97 Å². The second-order valence-corrected chi connectivity index (χ2v) is 6.93. The fourth-order valence-corrected chi connectivity index (χ4v) is 3.24. The summed E-state index contributed by atoms with van der Waals surface area (Å²) in [6.07, 6.45) is 16.5. The Morgan fingerprint density at radius 1 is 0.773 bits per heavy atom. The number of carboxylic acids is 1. The van der Waals surface area contributed by atoms with E-state index in [9.17, 15) is 9.90 Å². The number of unbranched alkanes of at least 4 members (excludes halogenated alkanes) is 8. The Hall–Kier alpha value is -0.530. The van der Waals surface area contributed by atoms with Gasteiger partial charge in [-0.3, -0.25) is 0 Å². The molecule has 2 atom stereocenters. The number of hydrogen-bond acceptors (Lipinski definition) is 2. The maximum Gasteiger partial charge on any atom is 0.0445 e. The van der Waals surface area contributed by atoms with Gasteiger partial charge in [0.05, 0.1) is 0 Å². The normalized spacial score (nSPS) is 14.0. The van der Waals surface area contributed by atoms with E-state index in [0.717, 1.165) is 25.7 Å². The number of carboxylic acid groups (broad SMARTS) is 1. The lowest BCUT2D eigenvalue weighted by Crippen LogP contribution is -2.32. The Morgan fingerprint density at radius 2 is 1.32 bits per heavy atom. The zero-order valence-corrected chi connectivity index (χ0v) is 15.4. The van der Waals surface area contributed by atoms with Crippen LogP contribution in [0.15, 0.2) is 0 Å². The first-order valence-electron chi connectivity index (χ1n) is 9.86. The van der Waals surface area contributed by atoms with Crippen LogP contribution < -0.4 is 5.11 Å². The van der Waals surface area contributed by atoms with Crippen molar-refractivity contribution in [3.8, 4) is 0 Å². The summed E-state index contributed by atoms with van der Waals surface area (Å²) in [5.41, 5.74) is 0. The summed E-state index contributed by atoms with van der Waals surface area (Å²) in [4.78, 5) is 11.4. The molecule has 0 radical (unpaired) electrons. The van der Waals surface area contributed by atoms with Crippen molar-refractivity contribution in [1.29, 1.82) is 0 Å². The lowest BCUT2D eigenvalue weighted by molar-refractivity contribution is -0.312. The van der Waals surface area contributed by atoms with Gasteiger partial charge in [-0.1, -0.05) is 97.8 Å². The van der Waals surface area contributed by atoms with Crippen molar-refractivity contribution in [3.05, 3.63) is 0 Å². The monoisotopic (exact) mass is 311 g/mol. The molecule has 0 spiro atoms. The average Bonchev–Trinajstić information content (AvgIpc) is 2.51. The van der Waals surface area contributed by atoms with Crippen LogP contribution >= 0.6 is 0 Å². The molecule has 0 aromatic rings. The highest BCUT2D eigenvalue weighted by atomic mass is 16.4. The summed E-state index contributed by atoms with van der Waals surface area (Å²) in [7, 11) is 0. The number of carbonyl (C=O) groups is 1. The molecule has 0 saturated carbocycles. The predicted molar refractivity (Wildman–Crippen MR) is 93.6 cm³/mol. The van der Waals surface area contributed by atoms with Gasteiger partial charge in [-0.05, 0) is 24.7 Å². The van der Waals surface area contributed by atoms with E-state index in [0.29, 0.717) is 5.92 Å². The molecule has 0 saturated heterocycles. The standard InChI is InChI=1S/C20H40O2/c1-4-7-9-10-11-12-13-14-16-19(20(21)22)17-18(6-3)15-8-5-2/h18-19H,4-17H2,1-3H3,(H,21,22)/p-1. The molecule has 0 heterocycles. The largest absolute Gasteiger partial charge is 0.550 e. The highest BCUT2D eigenvalue weighted by Crippen LogP contribution is 2.25. The van der Waals surface area contributed by atoms with E-state index >= 15 is 0 Å². The summed E-state index contributed by atoms with van der Waals surface area (Å²) in [6, 6.07) is 0. The van der Waals surface area contributed by atoms with E-state index in [4.69, 9.17) is 0 Å². The molecule has 0 rings (SSSR count). The molecule has 0 aliphatic carbocycles. The van der Waals surface area contributed by atoms with Crippen molar-refractivity contribution < 1.29 is 9.90 Å². The van der Waals surface area contributed by atoms with Gasteiger partial charge in [0.2, 0.25) is 0 Å². The van der Waals surface area contributed by atoms with Crippen LogP contribution in [0.1, 0.15) is 111 Å². The quantitative estimate of drug-likeness (QED) is 0.354. The first kappa shape index (κ1) is 21.5. The minimum atomic E-state index is -0.821. The van der Waals surface area contributed by atoms with Crippen molar-refractivity contribution in [2.24, 2.45) is 11.8 Å². The molecule has 2 nitrogen and oxygen atoms in total. The van der Waals surface area contributed by atoms with Gasteiger partial charge in [0.15, 0.2) is 0 Å². The highest BCUT2D eigenvalue weighted by molar-refractivity contribution is 5.67.